The van der Waals surface area contributed by atoms with Crippen LogP contribution in [0.3, 0.4) is 0 Å². The molecule has 0 spiro atoms. The highest BCUT2D eigenvalue weighted by Crippen LogP contribution is 2.32. The minimum atomic E-state index is 0.447. The van der Waals surface area contributed by atoms with Gasteiger partial charge in [0.05, 0.1) is 27.4 Å². The first kappa shape index (κ1) is 8.60. The van der Waals surface area contributed by atoms with Crippen molar-refractivity contribution in [3.05, 3.63) is 34.4 Å². The van der Waals surface area contributed by atoms with Gasteiger partial charge in [-0.15, -0.1) is 0 Å². The van der Waals surface area contributed by atoms with Gasteiger partial charge in [0.2, 0.25) is 0 Å². The predicted molar refractivity (Wildman–Crippen MR) is 56.2 cm³/mol. The number of anilines is 1. The topological polar surface area (TPSA) is 38.9 Å². The minimum Gasteiger partial charge on any atom is -0.396 e. The average Bonchev–Trinajstić information content (AvgIpc) is 2.12. The standard InChI is InChI=1S/C9H6Cl2N2/c10-5-2-1-3-7-8(5)9(11)6(12)4-13-7/h1-4H,12H2. The molecule has 0 aliphatic heterocycles. The summed E-state index contributed by atoms with van der Waals surface area (Å²) in [6.07, 6.45) is 1.53. The summed E-state index contributed by atoms with van der Waals surface area (Å²) in [4.78, 5) is 4.11. The Hall–Kier alpha value is -0.990. The molecular formula is C9H6Cl2N2. The third kappa shape index (κ3) is 1.32. The molecule has 4 heteroatoms. The van der Waals surface area contributed by atoms with Crippen LogP contribution in [0.4, 0.5) is 5.69 Å². The van der Waals surface area contributed by atoms with Crippen LogP contribution in [-0.2, 0) is 0 Å². The van der Waals surface area contributed by atoms with Crippen molar-refractivity contribution in [2.75, 3.05) is 5.73 Å². The Balaban J connectivity index is 2.97. The highest BCUT2D eigenvalue weighted by Gasteiger charge is 2.06. The molecule has 0 fully saturated rings. The fourth-order valence-electron chi connectivity index (χ4n) is 1.18. The molecule has 0 amide bonds. The van der Waals surface area contributed by atoms with Gasteiger partial charge in [-0.1, -0.05) is 29.3 Å². The zero-order valence-corrected chi connectivity index (χ0v) is 8.10. The fourth-order valence-corrected chi connectivity index (χ4v) is 1.74. The first-order valence-electron chi connectivity index (χ1n) is 3.68. The Morgan fingerprint density at radius 3 is 2.77 bits per heavy atom. The Morgan fingerprint density at radius 1 is 1.23 bits per heavy atom. The molecule has 0 atom stereocenters. The molecule has 0 radical (unpaired) electrons. The summed E-state index contributed by atoms with van der Waals surface area (Å²) < 4.78 is 0. The molecule has 2 aromatic rings. The molecule has 2 nitrogen and oxygen atoms in total. The van der Waals surface area contributed by atoms with E-state index in [1.165, 1.54) is 6.20 Å². The second-order valence-corrected chi connectivity index (χ2v) is 3.45. The Bertz CT molecular complexity index is 468. The first-order valence-corrected chi connectivity index (χ1v) is 4.44. The second-order valence-electron chi connectivity index (χ2n) is 2.66. The molecule has 0 aliphatic carbocycles. The van der Waals surface area contributed by atoms with Crippen LogP contribution >= 0.6 is 23.2 Å². The first-order chi connectivity index (χ1) is 6.20. The fraction of sp³-hybridized carbons (Fsp3) is 0. The van der Waals surface area contributed by atoms with Crippen LogP contribution in [0.5, 0.6) is 0 Å². The van der Waals surface area contributed by atoms with Gasteiger partial charge in [-0.3, -0.25) is 4.98 Å². The zero-order valence-electron chi connectivity index (χ0n) is 6.59. The number of hydrogen-bond donors (Lipinski definition) is 1. The van der Waals surface area contributed by atoms with Crippen molar-refractivity contribution in [2.24, 2.45) is 0 Å². The lowest BCUT2D eigenvalue weighted by atomic mass is 10.2. The van der Waals surface area contributed by atoms with Gasteiger partial charge in [0.1, 0.15) is 0 Å². The van der Waals surface area contributed by atoms with Crippen LogP contribution in [-0.4, -0.2) is 4.98 Å². The zero-order chi connectivity index (χ0) is 9.42. The molecule has 0 saturated carbocycles. The van der Waals surface area contributed by atoms with E-state index in [0.29, 0.717) is 21.1 Å². The van der Waals surface area contributed by atoms with Gasteiger partial charge in [0.25, 0.3) is 0 Å². The van der Waals surface area contributed by atoms with Crippen molar-refractivity contribution < 1.29 is 0 Å². The number of halogens is 2. The number of rotatable bonds is 0. The number of nitrogens with two attached hydrogens (primary N) is 1. The van der Waals surface area contributed by atoms with E-state index in [1.54, 1.807) is 6.07 Å². The monoisotopic (exact) mass is 212 g/mol. The molecule has 0 aliphatic rings. The predicted octanol–water partition coefficient (Wildman–Crippen LogP) is 3.12. The van der Waals surface area contributed by atoms with Crippen molar-refractivity contribution in [1.82, 2.24) is 4.98 Å². The quantitative estimate of drug-likeness (QED) is 0.730. The van der Waals surface area contributed by atoms with E-state index in [4.69, 9.17) is 28.9 Å². The van der Waals surface area contributed by atoms with E-state index in [-0.39, 0.29) is 0 Å². The molecule has 13 heavy (non-hydrogen) atoms. The SMILES string of the molecule is Nc1cnc2cccc(Cl)c2c1Cl. The summed E-state index contributed by atoms with van der Waals surface area (Å²) in [5.41, 5.74) is 6.80. The van der Waals surface area contributed by atoms with Gasteiger partial charge in [0, 0.05) is 5.39 Å². The summed E-state index contributed by atoms with van der Waals surface area (Å²) in [6.45, 7) is 0. The molecule has 2 N–H and O–H groups in total. The molecule has 0 unspecified atom stereocenters. The lowest BCUT2D eigenvalue weighted by Gasteiger charge is -2.03. The van der Waals surface area contributed by atoms with Crippen molar-refractivity contribution >= 4 is 39.8 Å². The summed E-state index contributed by atoms with van der Waals surface area (Å²) in [7, 11) is 0. The van der Waals surface area contributed by atoms with Crippen LogP contribution < -0.4 is 5.73 Å². The number of pyridine rings is 1. The van der Waals surface area contributed by atoms with Gasteiger partial charge in [-0.25, -0.2) is 0 Å². The smallest absolute Gasteiger partial charge is 0.0760 e. The third-order valence-electron chi connectivity index (χ3n) is 1.81. The summed E-state index contributed by atoms with van der Waals surface area (Å²) >= 11 is 11.9. The minimum absolute atomic E-state index is 0.447. The number of fused-ring (bicyclic) bond motifs is 1. The van der Waals surface area contributed by atoms with Crippen LogP contribution in [0.15, 0.2) is 24.4 Å². The maximum atomic E-state index is 5.98. The highest BCUT2D eigenvalue weighted by atomic mass is 35.5. The number of hydrogen-bond acceptors (Lipinski definition) is 2. The molecule has 1 aromatic carbocycles. The highest BCUT2D eigenvalue weighted by molar-refractivity contribution is 6.43. The van der Waals surface area contributed by atoms with Crippen molar-refractivity contribution in [3.8, 4) is 0 Å². The van der Waals surface area contributed by atoms with Crippen LogP contribution in [0.1, 0.15) is 0 Å². The Labute approximate surface area is 85.3 Å². The van der Waals surface area contributed by atoms with Crippen LogP contribution in [0.25, 0.3) is 10.9 Å². The van der Waals surface area contributed by atoms with Gasteiger partial charge in [-0.2, -0.15) is 0 Å². The van der Waals surface area contributed by atoms with Gasteiger partial charge in [-0.05, 0) is 12.1 Å². The lowest BCUT2D eigenvalue weighted by Crippen LogP contribution is -1.89. The van der Waals surface area contributed by atoms with E-state index in [0.717, 1.165) is 5.52 Å². The molecule has 1 aromatic heterocycles. The maximum Gasteiger partial charge on any atom is 0.0760 e. The Kier molecular flexibility index (Phi) is 2.02. The lowest BCUT2D eigenvalue weighted by molar-refractivity contribution is 1.41. The third-order valence-corrected chi connectivity index (χ3v) is 2.53. The Morgan fingerprint density at radius 2 is 2.00 bits per heavy atom. The molecule has 0 saturated heterocycles. The normalized spacial score (nSPS) is 10.6. The van der Waals surface area contributed by atoms with Crippen molar-refractivity contribution in [3.63, 3.8) is 0 Å². The molecule has 1 heterocycles. The van der Waals surface area contributed by atoms with E-state index in [9.17, 15) is 0 Å². The van der Waals surface area contributed by atoms with E-state index in [2.05, 4.69) is 4.98 Å². The number of aromatic nitrogens is 1. The van der Waals surface area contributed by atoms with Gasteiger partial charge < -0.3 is 5.73 Å². The number of nitrogens with zero attached hydrogens (tertiary/aromatic N) is 1. The van der Waals surface area contributed by atoms with Crippen LogP contribution in [0.2, 0.25) is 10.0 Å². The van der Waals surface area contributed by atoms with E-state index in [1.807, 2.05) is 12.1 Å². The summed E-state index contributed by atoms with van der Waals surface area (Å²) in [6, 6.07) is 5.42. The van der Waals surface area contributed by atoms with E-state index < -0.39 is 0 Å². The molecular weight excluding hydrogens is 207 g/mol. The van der Waals surface area contributed by atoms with Crippen molar-refractivity contribution in [1.29, 1.82) is 0 Å². The second kappa shape index (κ2) is 3.05. The van der Waals surface area contributed by atoms with Gasteiger partial charge in [0.15, 0.2) is 0 Å². The number of nitrogen functional groups attached to an aromatic ring is 1. The molecule has 66 valence electrons. The summed E-state index contributed by atoms with van der Waals surface area (Å²) in [5, 5.41) is 1.75. The molecule has 2 rings (SSSR count). The number of benzene rings is 1. The average molecular weight is 213 g/mol. The molecule has 0 bridgehead atoms. The largest absolute Gasteiger partial charge is 0.396 e. The van der Waals surface area contributed by atoms with Gasteiger partial charge >= 0.3 is 0 Å². The van der Waals surface area contributed by atoms with Crippen molar-refractivity contribution in [2.45, 2.75) is 0 Å². The maximum absolute atomic E-state index is 5.98. The summed E-state index contributed by atoms with van der Waals surface area (Å²) in [5.74, 6) is 0. The van der Waals surface area contributed by atoms with E-state index >= 15 is 0 Å². The van der Waals surface area contributed by atoms with Crippen LogP contribution in [0, 0.1) is 0 Å².